The number of aliphatic carboxylic acids is 1. The zero-order chi connectivity index (χ0) is 18.6. The Hall–Kier alpha value is -1.26. The second-order valence-electron chi connectivity index (χ2n) is 6.69. The van der Waals surface area contributed by atoms with Crippen LogP contribution in [0.1, 0.15) is 103 Å². The van der Waals surface area contributed by atoms with E-state index in [4.69, 9.17) is 14.6 Å². The minimum absolute atomic E-state index is 0.306. The van der Waals surface area contributed by atoms with Crippen molar-refractivity contribution >= 4 is 12.1 Å². The van der Waals surface area contributed by atoms with E-state index in [2.05, 4.69) is 6.92 Å². The van der Waals surface area contributed by atoms with Crippen LogP contribution in [0.25, 0.3) is 0 Å². The Morgan fingerprint density at radius 3 is 1.48 bits per heavy atom. The van der Waals surface area contributed by atoms with Crippen molar-refractivity contribution in [2.45, 2.75) is 103 Å². The Bertz CT molecular complexity index is 317. The van der Waals surface area contributed by atoms with E-state index >= 15 is 0 Å². The van der Waals surface area contributed by atoms with Gasteiger partial charge in [-0.15, -0.1) is 0 Å². The van der Waals surface area contributed by atoms with Gasteiger partial charge in [0.25, 0.3) is 0 Å². The molecule has 0 radical (unpaired) electrons. The van der Waals surface area contributed by atoms with Crippen molar-refractivity contribution in [3.8, 4) is 0 Å². The number of unbranched alkanes of at least 4 members (excludes halogenated alkanes) is 12. The van der Waals surface area contributed by atoms with Crippen LogP contribution < -0.4 is 0 Å². The van der Waals surface area contributed by atoms with E-state index < -0.39 is 12.1 Å². The quantitative estimate of drug-likeness (QED) is 0.237. The lowest BCUT2D eigenvalue weighted by Crippen LogP contribution is -2.09. The molecule has 5 heteroatoms. The molecule has 0 spiro atoms. The maximum absolute atomic E-state index is 11.3. The van der Waals surface area contributed by atoms with Crippen LogP contribution in [0.2, 0.25) is 0 Å². The summed E-state index contributed by atoms with van der Waals surface area (Å²) in [5, 5.41) is 8.54. The highest BCUT2D eigenvalue weighted by Crippen LogP contribution is 2.12. The molecule has 0 rings (SSSR count). The van der Waals surface area contributed by atoms with E-state index in [1.807, 2.05) is 0 Å². The third-order valence-electron chi connectivity index (χ3n) is 4.22. The molecule has 0 aromatic carbocycles. The molecule has 5 nitrogen and oxygen atoms in total. The van der Waals surface area contributed by atoms with Crippen molar-refractivity contribution in [3.63, 3.8) is 0 Å². The summed E-state index contributed by atoms with van der Waals surface area (Å²) in [7, 11) is 0. The van der Waals surface area contributed by atoms with Crippen molar-refractivity contribution in [1.29, 1.82) is 0 Å². The summed E-state index contributed by atoms with van der Waals surface area (Å²) in [6.07, 6.45) is 15.3. The Morgan fingerprint density at radius 2 is 1.04 bits per heavy atom. The third kappa shape index (κ3) is 20.7. The molecular weight excluding hydrogens is 320 g/mol. The van der Waals surface area contributed by atoms with Gasteiger partial charge in [-0.25, -0.2) is 4.79 Å². The molecular formula is C20H38O5. The highest BCUT2D eigenvalue weighted by atomic mass is 16.7. The third-order valence-corrected chi connectivity index (χ3v) is 4.22. The first-order valence-electron chi connectivity index (χ1n) is 10.2. The van der Waals surface area contributed by atoms with Gasteiger partial charge in [0.05, 0.1) is 13.2 Å². The first-order valence-corrected chi connectivity index (χ1v) is 10.2. The second kappa shape index (κ2) is 19.1. The normalized spacial score (nSPS) is 10.6. The SMILES string of the molecule is CCCCCOC(=O)OCCCCCCCCCCCCCC(=O)O. The van der Waals surface area contributed by atoms with Gasteiger partial charge in [0.15, 0.2) is 0 Å². The Labute approximate surface area is 153 Å². The van der Waals surface area contributed by atoms with Crippen LogP contribution in [0.4, 0.5) is 4.79 Å². The summed E-state index contributed by atoms with van der Waals surface area (Å²) in [5.74, 6) is -0.686. The molecule has 148 valence electrons. The first kappa shape index (κ1) is 23.7. The van der Waals surface area contributed by atoms with Gasteiger partial charge < -0.3 is 14.6 Å². The zero-order valence-electron chi connectivity index (χ0n) is 16.1. The molecule has 0 heterocycles. The van der Waals surface area contributed by atoms with Gasteiger partial charge in [-0.2, -0.15) is 0 Å². The van der Waals surface area contributed by atoms with Gasteiger partial charge in [0.1, 0.15) is 0 Å². The van der Waals surface area contributed by atoms with Gasteiger partial charge in [-0.3, -0.25) is 4.79 Å². The van der Waals surface area contributed by atoms with Crippen molar-refractivity contribution in [1.82, 2.24) is 0 Å². The van der Waals surface area contributed by atoms with Gasteiger partial charge >= 0.3 is 12.1 Å². The van der Waals surface area contributed by atoms with E-state index in [0.717, 1.165) is 51.4 Å². The first-order chi connectivity index (χ1) is 12.2. The number of hydrogen-bond acceptors (Lipinski definition) is 4. The summed E-state index contributed by atoms with van der Waals surface area (Å²) in [4.78, 5) is 21.6. The largest absolute Gasteiger partial charge is 0.508 e. The lowest BCUT2D eigenvalue weighted by molar-refractivity contribution is -0.137. The number of carboxylic acids is 1. The average molecular weight is 359 g/mol. The minimum atomic E-state index is -0.686. The predicted molar refractivity (Wildman–Crippen MR) is 99.9 cm³/mol. The van der Waals surface area contributed by atoms with Crippen molar-refractivity contribution < 1.29 is 24.2 Å². The van der Waals surface area contributed by atoms with Crippen LogP contribution in [-0.4, -0.2) is 30.4 Å². The summed E-state index contributed by atoms with van der Waals surface area (Å²) >= 11 is 0. The molecule has 0 aliphatic rings. The molecule has 0 atom stereocenters. The molecule has 0 fully saturated rings. The van der Waals surface area contributed by atoms with E-state index in [1.165, 1.54) is 38.5 Å². The number of rotatable bonds is 18. The van der Waals surface area contributed by atoms with Crippen LogP contribution in [0, 0.1) is 0 Å². The van der Waals surface area contributed by atoms with Crippen LogP contribution in [0.5, 0.6) is 0 Å². The van der Waals surface area contributed by atoms with E-state index in [9.17, 15) is 9.59 Å². The molecule has 0 bridgehead atoms. The van der Waals surface area contributed by atoms with Gasteiger partial charge in [0, 0.05) is 6.42 Å². The monoisotopic (exact) mass is 358 g/mol. The molecule has 0 saturated heterocycles. The summed E-state index contributed by atoms with van der Waals surface area (Å²) < 4.78 is 10.0. The van der Waals surface area contributed by atoms with Crippen molar-refractivity contribution in [2.24, 2.45) is 0 Å². The van der Waals surface area contributed by atoms with E-state index in [1.54, 1.807) is 0 Å². The van der Waals surface area contributed by atoms with Crippen LogP contribution in [0.15, 0.2) is 0 Å². The van der Waals surface area contributed by atoms with Crippen LogP contribution in [-0.2, 0) is 14.3 Å². The lowest BCUT2D eigenvalue weighted by Gasteiger charge is -2.06. The Morgan fingerprint density at radius 1 is 0.640 bits per heavy atom. The molecule has 0 aliphatic heterocycles. The number of carbonyl (C=O) groups excluding carboxylic acids is 1. The van der Waals surface area contributed by atoms with Crippen molar-refractivity contribution in [2.75, 3.05) is 13.2 Å². The van der Waals surface area contributed by atoms with Crippen LogP contribution >= 0.6 is 0 Å². The maximum atomic E-state index is 11.3. The number of carbonyl (C=O) groups is 2. The molecule has 0 aromatic heterocycles. The molecule has 0 aromatic rings. The fraction of sp³-hybridized carbons (Fsp3) is 0.900. The molecule has 1 N–H and O–H groups in total. The van der Waals surface area contributed by atoms with E-state index in [0.29, 0.717) is 19.6 Å². The fourth-order valence-electron chi connectivity index (χ4n) is 2.67. The smallest absolute Gasteiger partial charge is 0.481 e. The summed E-state index contributed by atoms with van der Waals surface area (Å²) in [6, 6.07) is 0. The van der Waals surface area contributed by atoms with E-state index in [-0.39, 0.29) is 0 Å². The molecule has 25 heavy (non-hydrogen) atoms. The standard InChI is InChI=1S/C20H38O5/c1-2-3-14-17-24-20(23)25-18-15-12-10-8-6-4-5-7-9-11-13-16-19(21)22/h2-18H2,1H3,(H,21,22). The topological polar surface area (TPSA) is 72.8 Å². The van der Waals surface area contributed by atoms with Gasteiger partial charge in [0.2, 0.25) is 0 Å². The molecule has 0 aliphatic carbocycles. The summed E-state index contributed by atoms with van der Waals surface area (Å²) in [6.45, 7) is 3.04. The van der Waals surface area contributed by atoms with Crippen LogP contribution in [0.3, 0.4) is 0 Å². The Balaban J connectivity index is 3.11. The van der Waals surface area contributed by atoms with Gasteiger partial charge in [-0.1, -0.05) is 77.6 Å². The Kier molecular flexibility index (Phi) is 18.1. The highest BCUT2D eigenvalue weighted by molar-refractivity contribution is 5.66. The number of ether oxygens (including phenoxy) is 2. The summed E-state index contributed by atoms with van der Waals surface area (Å²) in [5.41, 5.74) is 0. The minimum Gasteiger partial charge on any atom is -0.481 e. The maximum Gasteiger partial charge on any atom is 0.508 e. The fourth-order valence-corrected chi connectivity index (χ4v) is 2.67. The second-order valence-corrected chi connectivity index (χ2v) is 6.69. The van der Waals surface area contributed by atoms with Gasteiger partial charge in [-0.05, 0) is 19.3 Å². The van der Waals surface area contributed by atoms with Crippen molar-refractivity contribution in [3.05, 3.63) is 0 Å². The molecule has 0 saturated carbocycles. The highest BCUT2D eigenvalue weighted by Gasteiger charge is 2.02. The number of carboxylic acid groups (broad SMARTS) is 1. The average Bonchev–Trinajstić information content (AvgIpc) is 2.58. The molecule has 0 unspecified atom stereocenters. The number of hydrogen-bond donors (Lipinski definition) is 1. The zero-order valence-corrected chi connectivity index (χ0v) is 16.1. The molecule has 0 amide bonds. The predicted octanol–water partition coefficient (Wildman–Crippen LogP) is 6.10. The lowest BCUT2D eigenvalue weighted by atomic mass is 10.1.